The molecule has 0 aliphatic heterocycles. The van der Waals surface area contributed by atoms with E-state index in [-0.39, 0.29) is 17.5 Å². The first-order chi connectivity index (χ1) is 13.5. The Kier molecular flexibility index (Phi) is 3.69. The summed E-state index contributed by atoms with van der Waals surface area (Å²) in [5.74, 6) is 1.14. The number of aryl methyl sites for hydroxylation is 2. The van der Waals surface area contributed by atoms with Crippen molar-refractivity contribution in [3.8, 4) is 0 Å². The predicted molar refractivity (Wildman–Crippen MR) is 105 cm³/mol. The third kappa shape index (κ3) is 2.57. The largest absolute Gasteiger partial charge is 0.442 e. The average molecular weight is 377 g/mol. The van der Waals surface area contributed by atoms with E-state index in [4.69, 9.17) is 4.42 Å². The maximum Gasteiger partial charge on any atom is 0.256 e. The number of hydrogen-bond acceptors (Lipinski definition) is 6. The van der Waals surface area contributed by atoms with Gasteiger partial charge in [0.05, 0.1) is 22.7 Å². The lowest BCUT2D eigenvalue weighted by Gasteiger charge is -2.26. The van der Waals surface area contributed by atoms with Crippen LogP contribution in [0, 0.1) is 6.92 Å². The molecule has 0 radical (unpaired) electrons. The lowest BCUT2D eigenvalue weighted by Crippen LogP contribution is -2.32. The standard InChI is InChI=1S/C21H23N5O2/c1-12-15(19(27)25-14-7-6-13-5-4-10-22-17(13)14)16-18(23-11-24-20(16)28-12)26(3)21(2)8-9-21/h4-5,10-11,14H,6-9H2,1-3H3,(H,25,27). The number of carbonyl (C=O) groups excluding carboxylic acids is 1. The Morgan fingerprint density at radius 1 is 1.32 bits per heavy atom. The molecule has 1 saturated carbocycles. The Balaban J connectivity index is 1.54. The molecule has 3 aromatic rings. The monoisotopic (exact) mass is 377 g/mol. The van der Waals surface area contributed by atoms with E-state index in [9.17, 15) is 4.79 Å². The molecule has 1 fully saturated rings. The Morgan fingerprint density at radius 2 is 2.14 bits per heavy atom. The maximum atomic E-state index is 13.3. The van der Waals surface area contributed by atoms with E-state index in [1.54, 1.807) is 13.1 Å². The van der Waals surface area contributed by atoms with Gasteiger partial charge in [-0.05, 0) is 51.2 Å². The highest BCUT2D eigenvalue weighted by molar-refractivity contribution is 6.10. The SMILES string of the molecule is Cc1oc2ncnc(N(C)C3(C)CC3)c2c1C(=O)NC1CCc2cccnc21. The van der Waals surface area contributed by atoms with E-state index >= 15 is 0 Å². The molecule has 1 atom stereocenters. The summed E-state index contributed by atoms with van der Waals surface area (Å²) in [6, 6.07) is 3.93. The number of hydrogen-bond donors (Lipinski definition) is 1. The highest BCUT2D eigenvalue weighted by Gasteiger charge is 2.43. The zero-order chi connectivity index (χ0) is 19.5. The third-order valence-electron chi connectivity index (χ3n) is 6.24. The van der Waals surface area contributed by atoms with Crippen molar-refractivity contribution in [3.05, 3.63) is 47.2 Å². The summed E-state index contributed by atoms with van der Waals surface area (Å²) in [7, 11) is 2.02. The Bertz CT molecular complexity index is 1090. The number of carbonyl (C=O) groups is 1. The first-order valence-electron chi connectivity index (χ1n) is 9.70. The summed E-state index contributed by atoms with van der Waals surface area (Å²) < 4.78 is 5.82. The fraction of sp³-hybridized carbons (Fsp3) is 0.429. The second-order valence-corrected chi connectivity index (χ2v) is 8.08. The normalized spacial score (nSPS) is 19.5. The molecular formula is C21H23N5O2. The number of aromatic nitrogens is 3. The lowest BCUT2D eigenvalue weighted by atomic mass is 10.1. The fourth-order valence-electron chi connectivity index (χ4n) is 4.11. The van der Waals surface area contributed by atoms with Gasteiger partial charge in [0.15, 0.2) is 0 Å². The molecule has 3 heterocycles. The van der Waals surface area contributed by atoms with Gasteiger partial charge in [-0.3, -0.25) is 9.78 Å². The molecule has 0 aromatic carbocycles. The number of furan rings is 1. The number of fused-ring (bicyclic) bond motifs is 2. The van der Waals surface area contributed by atoms with Crippen LogP contribution in [0.15, 0.2) is 29.1 Å². The molecule has 3 aromatic heterocycles. The van der Waals surface area contributed by atoms with E-state index in [0.717, 1.165) is 37.2 Å². The molecule has 28 heavy (non-hydrogen) atoms. The van der Waals surface area contributed by atoms with Crippen molar-refractivity contribution in [2.45, 2.75) is 51.1 Å². The van der Waals surface area contributed by atoms with Crippen LogP contribution in [0.25, 0.3) is 11.1 Å². The first-order valence-corrected chi connectivity index (χ1v) is 9.70. The van der Waals surface area contributed by atoms with E-state index in [2.05, 4.69) is 38.2 Å². The van der Waals surface area contributed by atoms with Gasteiger partial charge < -0.3 is 14.6 Å². The second-order valence-electron chi connectivity index (χ2n) is 8.08. The summed E-state index contributed by atoms with van der Waals surface area (Å²) in [6.45, 7) is 4.01. The average Bonchev–Trinajstić information content (AvgIpc) is 3.17. The van der Waals surface area contributed by atoms with Crippen LogP contribution in [0.2, 0.25) is 0 Å². The van der Waals surface area contributed by atoms with Gasteiger partial charge in [0, 0.05) is 18.8 Å². The summed E-state index contributed by atoms with van der Waals surface area (Å²) in [5, 5.41) is 3.84. The number of nitrogens with one attached hydrogen (secondary N) is 1. The van der Waals surface area contributed by atoms with Crippen LogP contribution in [0.5, 0.6) is 0 Å². The van der Waals surface area contributed by atoms with Crippen molar-refractivity contribution in [2.24, 2.45) is 0 Å². The Hall–Kier alpha value is -2.96. The van der Waals surface area contributed by atoms with Gasteiger partial charge in [-0.15, -0.1) is 0 Å². The minimum absolute atomic E-state index is 0.0779. The van der Waals surface area contributed by atoms with E-state index in [0.29, 0.717) is 22.4 Å². The molecule has 0 spiro atoms. The molecule has 1 amide bonds. The maximum absolute atomic E-state index is 13.3. The van der Waals surface area contributed by atoms with Crippen molar-refractivity contribution in [1.82, 2.24) is 20.3 Å². The molecule has 144 valence electrons. The zero-order valence-corrected chi connectivity index (χ0v) is 16.3. The van der Waals surface area contributed by atoms with Crippen LogP contribution in [0.1, 0.15) is 59.6 Å². The lowest BCUT2D eigenvalue weighted by molar-refractivity contribution is 0.0936. The van der Waals surface area contributed by atoms with Gasteiger partial charge in [-0.25, -0.2) is 9.97 Å². The molecule has 5 rings (SSSR count). The number of pyridine rings is 1. The fourth-order valence-corrected chi connectivity index (χ4v) is 4.11. The van der Waals surface area contributed by atoms with Crippen LogP contribution in [0.3, 0.4) is 0 Å². The molecular weight excluding hydrogens is 354 g/mol. The van der Waals surface area contributed by atoms with E-state index in [1.165, 1.54) is 11.9 Å². The van der Waals surface area contributed by atoms with Gasteiger partial charge in [0.2, 0.25) is 5.71 Å². The van der Waals surface area contributed by atoms with Gasteiger partial charge in [-0.2, -0.15) is 0 Å². The van der Waals surface area contributed by atoms with Gasteiger partial charge >= 0.3 is 0 Å². The Labute approximate surface area is 163 Å². The van der Waals surface area contributed by atoms with Crippen LogP contribution in [0.4, 0.5) is 5.82 Å². The Morgan fingerprint density at radius 3 is 2.93 bits per heavy atom. The highest BCUT2D eigenvalue weighted by Crippen LogP contribution is 2.44. The van der Waals surface area contributed by atoms with Crippen molar-refractivity contribution < 1.29 is 9.21 Å². The number of amides is 1. The highest BCUT2D eigenvalue weighted by atomic mass is 16.3. The van der Waals surface area contributed by atoms with Crippen LogP contribution in [-0.4, -0.2) is 33.4 Å². The summed E-state index contributed by atoms with van der Waals surface area (Å²) in [4.78, 5) is 28.7. The topological polar surface area (TPSA) is 84.2 Å². The van der Waals surface area contributed by atoms with Crippen molar-refractivity contribution in [2.75, 3.05) is 11.9 Å². The minimum Gasteiger partial charge on any atom is -0.442 e. The summed E-state index contributed by atoms with van der Waals surface area (Å²) >= 11 is 0. The first kappa shape index (κ1) is 17.2. The van der Waals surface area contributed by atoms with Crippen molar-refractivity contribution in [3.63, 3.8) is 0 Å². The molecule has 1 unspecified atom stereocenters. The number of anilines is 1. The smallest absolute Gasteiger partial charge is 0.256 e. The minimum atomic E-state index is -0.162. The van der Waals surface area contributed by atoms with Crippen LogP contribution < -0.4 is 10.2 Å². The van der Waals surface area contributed by atoms with Crippen LogP contribution >= 0.6 is 0 Å². The third-order valence-corrected chi connectivity index (χ3v) is 6.24. The molecule has 0 saturated heterocycles. The second kappa shape index (κ2) is 6.02. The molecule has 0 bridgehead atoms. The predicted octanol–water partition coefficient (Wildman–Crippen LogP) is 3.33. The number of rotatable bonds is 4. The van der Waals surface area contributed by atoms with Crippen molar-refractivity contribution in [1.29, 1.82) is 0 Å². The number of nitrogens with zero attached hydrogens (tertiary/aromatic N) is 4. The van der Waals surface area contributed by atoms with Gasteiger partial charge in [-0.1, -0.05) is 6.07 Å². The molecule has 2 aliphatic rings. The van der Waals surface area contributed by atoms with Gasteiger partial charge in [0.25, 0.3) is 5.91 Å². The summed E-state index contributed by atoms with van der Waals surface area (Å²) in [5.41, 5.74) is 3.21. The van der Waals surface area contributed by atoms with E-state index < -0.39 is 0 Å². The van der Waals surface area contributed by atoms with E-state index in [1.807, 2.05) is 13.1 Å². The molecule has 1 N–H and O–H groups in total. The van der Waals surface area contributed by atoms with Crippen molar-refractivity contribution >= 4 is 22.8 Å². The quantitative estimate of drug-likeness (QED) is 0.751. The summed E-state index contributed by atoms with van der Waals surface area (Å²) in [6.07, 6.45) is 7.28. The zero-order valence-electron chi connectivity index (χ0n) is 16.3. The van der Waals surface area contributed by atoms with Gasteiger partial charge in [0.1, 0.15) is 17.9 Å². The molecule has 2 aliphatic carbocycles. The molecule has 7 nitrogen and oxygen atoms in total. The van der Waals surface area contributed by atoms with Crippen LogP contribution in [-0.2, 0) is 6.42 Å². The molecule has 7 heteroatoms.